The Hall–Kier alpha value is -1.14. The Bertz CT molecular complexity index is 573. The molecule has 30 heavy (non-hydrogen) atoms. The lowest BCUT2D eigenvalue weighted by atomic mass is 10.1. The Morgan fingerprint density at radius 3 is 1.20 bits per heavy atom. The Balaban J connectivity index is 0.000000281. The molecule has 0 radical (unpaired) electrons. The highest BCUT2D eigenvalue weighted by Gasteiger charge is 2.09. The van der Waals surface area contributed by atoms with Crippen LogP contribution in [-0.2, 0) is 12.8 Å². The minimum Gasteiger partial charge on any atom is -0.314 e. The molecule has 2 aromatic carbocycles. The van der Waals surface area contributed by atoms with Crippen molar-refractivity contribution in [1.29, 1.82) is 0 Å². The van der Waals surface area contributed by atoms with Gasteiger partial charge in [0.2, 0.25) is 0 Å². The fraction of sp³-hybridized carbons (Fsp3) is 0.500. The molecule has 4 rings (SSSR count). The lowest BCUT2D eigenvalue weighted by Crippen LogP contribution is -2.44. The van der Waals surface area contributed by atoms with Crippen molar-refractivity contribution in [2.24, 2.45) is 0 Å². The summed E-state index contributed by atoms with van der Waals surface area (Å²) >= 11 is 0. The molecule has 0 atom stereocenters. The molecule has 0 spiro atoms. The van der Waals surface area contributed by atoms with Crippen molar-refractivity contribution in [2.75, 3.05) is 65.4 Å². The molecule has 4 nitrogen and oxygen atoms in total. The lowest BCUT2D eigenvalue weighted by Gasteiger charge is -2.27. The second kappa shape index (κ2) is 16.5. The van der Waals surface area contributed by atoms with E-state index in [-0.39, 0.29) is 24.8 Å². The number of piperazine rings is 2. The average molecular weight is 454 g/mol. The number of halogens is 2. The molecule has 0 aromatic heterocycles. The first kappa shape index (κ1) is 26.9. The number of nitrogens with zero attached hydrogens (tertiary/aromatic N) is 2. The summed E-state index contributed by atoms with van der Waals surface area (Å²) in [6, 6.07) is 21.5. The molecule has 168 valence electrons. The SMILES string of the molecule is Cl.Cl.c1ccc(CCN2CCNCC2)cc1.c1ccc(CCN2CCNCC2)cc1. The minimum atomic E-state index is 0. The summed E-state index contributed by atoms with van der Waals surface area (Å²) in [5, 5.41) is 6.74. The summed E-state index contributed by atoms with van der Waals surface area (Å²) in [5.41, 5.74) is 2.90. The van der Waals surface area contributed by atoms with Crippen LogP contribution in [0.1, 0.15) is 11.1 Å². The van der Waals surface area contributed by atoms with Gasteiger partial charge in [0.1, 0.15) is 0 Å². The molecule has 2 aromatic rings. The molecule has 2 aliphatic heterocycles. The molecule has 2 fully saturated rings. The first-order valence-corrected chi connectivity index (χ1v) is 10.8. The normalized spacial score (nSPS) is 17.1. The predicted molar refractivity (Wildman–Crippen MR) is 133 cm³/mol. The van der Waals surface area contributed by atoms with E-state index in [0.29, 0.717) is 0 Å². The van der Waals surface area contributed by atoms with Crippen LogP contribution in [0.15, 0.2) is 60.7 Å². The predicted octanol–water partition coefficient (Wildman–Crippen LogP) is 3.11. The lowest BCUT2D eigenvalue weighted by molar-refractivity contribution is 0.244. The van der Waals surface area contributed by atoms with Crippen LogP contribution in [0.2, 0.25) is 0 Å². The van der Waals surface area contributed by atoms with E-state index in [1.807, 2.05) is 0 Å². The Morgan fingerprint density at radius 1 is 0.533 bits per heavy atom. The minimum absolute atomic E-state index is 0. The van der Waals surface area contributed by atoms with Gasteiger partial charge < -0.3 is 20.4 Å². The Kier molecular flexibility index (Phi) is 14.8. The first-order valence-electron chi connectivity index (χ1n) is 10.8. The van der Waals surface area contributed by atoms with Crippen LogP contribution in [0.25, 0.3) is 0 Å². The van der Waals surface area contributed by atoms with Gasteiger partial charge in [-0.3, -0.25) is 0 Å². The van der Waals surface area contributed by atoms with Crippen LogP contribution in [-0.4, -0.2) is 75.2 Å². The summed E-state index contributed by atoms with van der Waals surface area (Å²) in [6.07, 6.45) is 2.36. The fourth-order valence-corrected chi connectivity index (χ4v) is 3.73. The third-order valence-corrected chi connectivity index (χ3v) is 5.54. The van der Waals surface area contributed by atoms with Gasteiger partial charge in [-0.05, 0) is 24.0 Å². The van der Waals surface area contributed by atoms with Gasteiger partial charge >= 0.3 is 0 Å². The largest absolute Gasteiger partial charge is 0.314 e. The van der Waals surface area contributed by atoms with E-state index in [2.05, 4.69) is 81.1 Å². The summed E-state index contributed by atoms with van der Waals surface area (Å²) in [6.45, 7) is 11.8. The molecule has 2 saturated heterocycles. The van der Waals surface area contributed by atoms with Crippen molar-refractivity contribution < 1.29 is 0 Å². The van der Waals surface area contributed by atoms with Crippen LogP contribution in [0.4, 0.5) is 0 Å². The molecule has 6 heteroatoms. The van der Waals surface area contributed by atoms with Crippen LogP contribution in [0.3, 0.4) is 0 Å². The van der Waals surface area contributed by atoms with E-state index in [9.17, 15) is 0 Å². The van der Waals surface area contributed by atoms with E-state index in [4.69, 9.17) is 0 Å². The number of hydrogen-bond acceptors (Lipinski definition) is 4. The molecule has 0 aliphatic carbocycles. The zero-order valence-electron chi connectivity index (χ0n) is 18.0. The zero-order chi connectivity index (χ0) is 19.3. The molecular weight excluding hydrogens is 415 g/mol. The van der Waals surface area contributed by atoms with Gasteiger partial charge in [0.25, 0.3) is 0 Å². The monoisotopic (exact) mass is 452 g/mol. The van der Waals surface area contributed by atoms with Crippen molar-refractivity contribution in [3.8, 4) is 0 Å². The van der Waals surface area contributed by atoms with Crippen LogP contribution < -0.4 is 10.6 Å². The second-order valence-corrected chi connectivity index (χ2v) is 7.65. The van der Waals surface area contributed by atoms with E-state index < -0.39 is 0 Å². The van der Waals surface area contributed by atoms with Crippen molar-refractivity contribution in [3.05, 3.63) is 71.8 Å². The summed E-state index contributed by atoms with van der Waals surface area (Å²) in [7, 11) is 0. The van der Waals surface area contributed by atoms with Crippen LogP contribution in [0.5, 0.6) is 0 Å². The van der Waals surface area contributed by atoms with Gasteiger partial charge in [-0.25, -0.2) is 0 Å². The highest BCUT2D eigenvalue weighted by molar-refractivity contribution is 5.85. The summed E-state index contributed by atoms with van der Waals surface area (Å²) < 4.78 is 0. The van der Waals surface area contributed by atoms with E-state index in [0.717, 1.165) is 26.2 Å². The van der Waals surface area contributed by atoms with Crippen molar-refractivity contribution in [3.63, 3.8) is 0 Å². The molecule has 0 bridgehead atoms. The van der Waals surface area contributed by atoms with E-state index in [1.54, 1.807) is 0 Å². The highest BCUT2D eigenvalue weighted by Crippen LogP contribution is 2.03. The number of nitrogens with one attached hydrogen (secondary N) is 2. The quantitative estimate of drug-likeness (QED) is 0.704. The molecular formula is C24H38Cl2N4. The van der Waals surface area contributed by atoms with Crippen molar-refractivity contribution in [2.45, 2.75) is 12.8 Å². The summed E-state index contributed by atoms with van der Waals surface area (Å²) in [5.74, 6) is 0. The number of hydrogen-bond donors (Lipinski definition) is 2. The van der Waals surface area contributed by atoms with Crippen molar-refractivity contribution in [1.82, 2.24) is 20.4 Å². The van der Waals surface area contributed by atoms with E-state index in [1.165, 1.54) is 63.2 Å². The smallest absolute Gasteiger partial charge is 0.0108 e. The van der Waals surface area contributed by atoms with Crippen LogP contribution in [0, 0.1) is 0 Å². The molecule has 2 heterocycles. The van der Waals surface area contributed by atoms with Crippen LogP contribution >= 0.6 is 24.8 Å². The maximum absolute atomic E-state index is 3.37. The molecule has 0 amide bonds. The zero-order valence-corrected chi connectivity index (χ0v) is 19.6. The van der Waals surface area contributed by atoms with Gasteiger partial charge in [0.15, 0.2) is 0 Å². The average Bonchev–Trinajstić information content (AvgIpc) is 2.80. The van der Waals surface area contributed by atoms with Gasteiger partial charge in [0.05, 0.1) is 0 Å². The Labute approximate surface area is 195 Å². The fourth-order valence-electron chi connectivity index (χ4n) is 3.73. The maximum Gasteiger partial charge on any atom is 0.0108 e. The van der Waals surface area contributed by atoms with E-state index >= 15 is 0 Å². The topological polar surface area (TPSA) is 30.5 Å². The van der Waals surface area contributed by atoms with Gasteiger partial charge in [-0.2, -0.15) is 0 Å². The molecule has 0 saturated carbocycles. The third kappa shape index (κ3) is 10.8. The molecule has 0 unspecified atom stereocenters. The molecule has 2 N–H and O–H groups in total. The number of benzene rings is 2. The maximum atomic E-state index is 3.37. The second-order valence-electron chi connectivity index (χ2n) is 7.65. The van der Waals surface area contributed by atoms with Gasteiger partial charge in [-0.15, -0.1) is 24.8 Å². The van der Waals surface area contributed by atoms with Gasteiger partial charge in [-0.1, -0.05) is 60.7 Å². The third-order valence-electron chi connectivity index (χ3n) is 5.54. The Morgan fingerprint density at radius 2 is 0.867 bits per heavy atom. The standard InChI is InChI=1S/2C12H18N2.2ClH/c2*1-2-4-12(5-3-1)6-9-14-10-7-13-8-11-14;;/h2*1-5,13H,6-11H2;2*1H. The van der Waals surface area contributed by atoms with Crippen molar-refractivity contribution >= 4 is 24.8 Å². The molecule has 2 aliphatic rings. The first-order chi connectivity index (χ1) is 13.9. The highest BCUT2D eigenvalue weighted by atomic mass is 35.5. The van der Waals surface area contributed by atoms with Gasteiger partial charge in [0, 0.05) is 65.4 Å². The summed E-state index contributed by atoms with van der Waals surface area (Å²) in [4.78, 5) is 5.06. The number of rotatable bonds is 6.